The van der Waals surface area contributed by atoms with Crippen LogP contribution in [0.4, 0.5) is 4.39 Å². The van der Waals surface area contributed by atoms with Gasteiger partial charge in [0.1, 0.15) is 5.82 Å². The Morgan fingerprint density at radius 2 is 2.29 bits per heavy atom. The van der Waals surface area contributed by atoms with E-state index in [1.165, 1.54) is 12.1 Å². The van der Waals surface area contributed by atoms with Crippen molar-refractivity contribution < 1.29 is 14.3 Å². The minimum Gasteiger partial charge on any atom is -0.481 e. The third-order valence-electron chi connectivity index (χ3n) is 2.48. The molecule has 0 radical (unpaired) electrons. The maximum Gasteiger partial charge on any atom is 0.307 e. The van der Waals surface area contributed by atoms with Crippen LogP contribution in [0.5, 0.6) is 0 Å². The first-order valence-electron chi connectivity index (χ1n) is 4.27. The van der Waals surface area contributed by atoms with Crippen LogP contribution in [0.3, 0.4) is 0 Å². The predicted octanol–water partition coefficient (Wildman–Crippen LogP) is 2.67. The molecule has 2 rings (SSSR count). The smallest absolute Gasteiger partial charge is 0.307 e. The molecule has 0 spiro atoms. The van der Waals surface area contributed by atoms with Crippen molar-refractivity contribution in [3.05, 3.63) is 34.6 Å². The van der Waals surface area contributed by atoms with Crippen molar-refractivity contribution in [2.45, 2.75) is 12.3 Å². The van der Waals surface area contributed by atoms with Crippen LogP contribution >= 0.6 is 11.6 Å². The molecule has 4 heteroatoms. The molecule has 0 aliphatic heterocycles. The van der Waals surface area contributed by atoms with Crippen LogP contribution in [-0.4, -0.2) is 11.1 Å². The number of hydrogen-bond acceptors (Lipinski definition) is 1. The zero-order chi connectivity index (χ0) is 10.3. The van der Waals surface area contributed by atoms with Gasteiger partial charge in [-0.1, -0.05) is 17.7 Å². The SMILES string of the molecule is O=C(O)C1CC1c1ccc(F)c(Cl)c1. The van der Waals surface area contributed by atoms with Crippen molar-refractivity contribution in [1.29, 1.82) is 0 Å². The largest absolute Gasteiger partial charge is 0.481 e. The van der Waals surface area contributed by atoms with E-state index in [0.717, 1.165) is 5.56 Å². The van der Waals surface area contributed by atoms with E-state index in [4.69, 9.17) is 16.7 Å². The third kappa shape index (κ3) is 1.60. The van der Waals surface area contributed by atoms with E-state index in [2.05, 4.69) is 0 Å². The summed E-state index contributed by atoms with van der Waals surface area (Å²) in [5.74, 6) is -1.58. The van der Waals surface area contributed by atoms with Crippen molar-refractivity contribution in [2.24, 2.45) is 5.92 Å². The molecule has 2 unspecified atom stereocenters. The fourth-order valence-corrected chi connectivity index (χ4v) is 1.77. The third-order valence-corrected chi connectivity index (χ3v) is 2.77. The molecule has 0 saturated heterocycles. The standard InChI is InChI=1S/C10H8ClFO2/c11-8-3-5(1-2-9(8)12)6-4-7(6)10(13)14/h1-3,6-7H,4H2,(H,13,14). The molecule has 2 atom stereocenters. The van der Waals surface area contributed by atoms with E-state index in [9.17, 15) is 9.18 Å². The lowest BCUT2D eigenvalue weighted by Gasteiger charge is -1.99. The Bertz CT molecular complexity index is 392. The lowest BCUT2D eigenvalue weighted by molar-refractivity contribution is -0.138. The molecule has 0 heterocycles. The highest BCUT2D eigenvalue weighted by Crippen LogP contribution is 2.48. The molecule has 0 aromatic heterocycles. The summed E-state index contributed by atoms with van der Waals surface area (Å²) >= 11 is 5.59. The minimum absolute atomic E-state index is 0.00519. The number of benzene rings is 1. The summed E-state index contributed by atoms with van der Waals surface area (Å²) in [7, 11) is 0. The molecule has 1 aromatic carbocycles. The predicted molar refractivity (Wildman–Crippen MR) is 49.9 cm³/mol. The molecular formula is C10H8ClFO2. The highest BCUT2D eigenvalue weighted by molar-refractivity contribution is 6.30. The van der Waals surface area contributed by atoms with Gasteiger partial charge in [-0.05, 0) is 30.0 Å². The number of rotatable bonds is 2. The van der Waals surface area contributed by atoms with Gasteiger partial charge in [-0.25, -0.2) is 4.39 Å². The number of hydrogen-bond donors (Lipinski definition) is 1. The molecule has 14 heavy (non-hydrogen) atoms. The van der Waals surface area contributed by atoms with E-state index < -0.39 is 11.8 Å². The van der Waals surface area contributed by atoms with Crippen LogP contribution in [0.1, 0.15) is 17.9 Å². The van der Waals surface area contributed by atoms with Crippen LogP contribution in [-0.2, 0) is 4.79 Å². The van der Waals surface area contributed by atoms with Gasteiger partial charge >= 0.3 is 5.97 Å². The lowest BCUT2D eigenvalue weighted by atomic mass is 10.1. The van der Waals surface area contributed by atoms with Crippen LogP contribution < -0.4 is 0 Å². The van der Waals surface area contributed by atoms with Crippen molar-refractivity contribution in [2.75, 3.05) is 0 Å². The molecule has 74 valence electrons. The summed E-state index contributed by atoms with van der Waals surface area (Å²) < 4.78 is 12.8. The van der Waals surface area contributed by atoms with Crippen molar-refractivity contribution in [1.82, 2.24) is 0 Å². The summed E-state index contributed by atoms with van der Waals surface area (Å²) in [6, 6.07) is 4.37. The van der Waals surface area contributed by atoms with Gasteiger partial charge in [0.25, 0.3) is 0 Å². The topological polar surface area (TPSA) is 37.3 Å². The van der Waals surface area contributed by atoms with E-state index in [0.29, 0.717) is 6.42 Å². The molecule has 0 amide bonds. The molecular weight excluding hydrogens is 207 g/mol. The number of carboxylic acids is 1. The van der Waals surface area contributed by atoms with Gasteiger partial charge < -0.3 is 5.11 Å². The Balaban J connectivity index is 2.20. The van der Waals surface area contributed by atoms with E-state index >= 15 is 0 Å². The number of halogens is 2. The van der Waals surface area contributed by atoms with Crippen molar-refractivity contribution in [3.8, 4) is 0 Å². The lowest BCUT2D eigenvalue weighted by Crippen LogP contribution is -1.98. The Morgan fingerprint density at radius 3 is 2.79 bits per heavy atom. The normalized spacial score (nSPS) is 24.7. The molecule has 1 N–H and O–H groups in total. The maximum atomic E-state index is 12.8. The monoisotopic (exact) mass is 214 g/mol. The second kappa shape index (κ2) is 3.24. The summed E-state index contributed by atoms with van der Waals surface area (Å²) in [6.07, 6.45) is 0.622. The summed E-state index contributed by atoms with van der Waals surface area (Å²) in [5, 5.41) is 8.76. The molecule has 1 aliphatic carbocycles. The quantitative estimate of drug-likeness (QED) is 0.822. The first-order valence-corrected chi connectivity index (χ1v) is 4.65. The van der Waals surface area contributed by atoms with Crippen molar-refractivity contribution >= 4 is 17.6 Å². The van der Waals surface area contributed by atoms with Crippen LogP contribution in [0.2, 0.25) is 5.02 Å². The number of carboxylic acid groups (broad SMARTS) is 1. The Labute approximate surface area is 85.3 Å². The second-order valence-electron chi connectivity index (χ2n) is 3.46. The average Bonchev–Trinajstić information content (AvgIpc) is 2.89. The summed E-state index contributed by atoms with van der Waals surface area (Å²) in [5.41, 5.74) is 0.809. The number of carbonyl (C=O) groups is 1. The first-order chi connectivity index (χ1) is 6.59. The highest BCUT2D eigenvalue weighted by atomic mass is 35.5. The fourth-order valence-electron chi connectivity index (χ4n) is 1.58. The fraction of sp³-hybridized carbons (Fsp3) is 0.300. The summed E-state index contributed by atoms with van der Waals surface area (Å²) in [4.78, 5) is 10.6. The van der Waals surface area contributed by atoms with Gasteiger partial charge in [0.2, 0.25) is 0 Å². The van der Waals surface area contributed by atoms with E-state index in [1.54, 1.807) is 6.07 Å². The van der Waals surface area contributed by atoms with Gasteiger partial charge in [0.15, 0.2) is 0 Å². The van der Waals surface area contributed by atoms with E-state index in [-0.39, 0.29) is 16.9 Å². The highest BCUT2D eigenvalue weighted by Gasteiger charge is 2.44. The first kappa shape index (κ1) is 9.46. The second-order valence-corrected chi connectivity index (χ2v) is 3.87. The zero-order valence-corrected chi connectivity index (χ0v) is 7.96. The van der Waals surface area contributed by atoms with E-state index in [1.807, 2.05) is 0 Å². The van der Waals surface area contributed by atoms with Crippen LogP contribution in [0.15, 0.2) is 18.2 Å². The Hall–Kier alpha value is -1.09. The zero-order valence-electron chi connectivity index (χ0n) is 7.21. The molecule has 2 nitrogen and oxygen atoms in total. The van der Waals surface area contributed by atoms with Gasteiger partial charge in [-0.15, -0.1) is 0 Å². The molecule has 1 aliphatic rings. The number of aliphatic carboxylic acids is 1. The van der Waals surface area contributed by atoms with Gasteiger partial charge in [0, 0.05) is 0 Å². The minimum atomic E-state index is -0.796. The summed E-state index contributed by atoms with van der Waals surface area (Å²) in [6.45, 7) is 0. The maximum absolute atomic E-state index is 12.8. The Kier molecular flexibility index (Phi) is 2.19. The van der Waals surface area contributed by atoms with Crippen molar-refractivity contribution in [3.63, 3.8) is 0 Å². The van der Waals surface area contributed by atoms with Crippen LogP contribution in [0, 0.1) is 11.7 Å². The van der Waals surface area contributed by atoms with Crippen LogP contribution in [0.25, 0.3) is 0 Å². The molecule has 1 fully saturated rings. The Morgan fingerprint density at radius 1 is 1.57 bits per heavy atom. The van der Waals surface area contributed by atoms with Gasteiger partial charge in [-0.2, -0.15) is 0 Å². The molecule has 0 bridgehead atoms. The van der Waals surface area contributed by atoms with Gasteiger partial charge in [-0.3, -0.25) is 4.79 Å². The average molecular weight is 215 g/mol. The molecule has 1 aromatic rings. The van der Waals surface area contributed by atoms with Gasteiger partial charge in [0.05, 0.1) is 10.9 Å². The molecule has 1 saturated carbocycles.